The van der Waals surface area contributed by atoms with Gasteiger partial charge in [-0.2, -0.15) is 0 Å². The van der Waals surface area contributed by atoms with Crippen LogP contribution in [-0.2, 0) is 0 Å². The third-order valence-electron chi connectivity index (χ3n) is 3.38. The van der Waals surface area contributed by atoms with Gasteiger partial charge in [-0.05, 0) is 12.1 Å². The second-order valence-corrected chi connectivity index (χ2v) is 5.85. The highest BCUT2D eigenvalue weighted by atomic mass is 32.1. The van der Waals surface area contributed by atoms with Crippen molar-refractivity contribution in [1.29, 1.82) is 0 Å². The number of fused-ring (bicyclic) bond motifs is 2. The lowest BCUT2D eigenvalue weighted by Crippen LogP contribution is -1.94. The Labute approximate surface area is 135 Å². The number of thiophene rings is 1. The van der Waals surface area contributed by atoms with E-state index in [1.54, 1.807) is 26.6 Å². The molecule has 3 aromatic rings. The molecule has 7 heteroatoms. The lowest BCUT2D eigenvalue weighted by atomic mass is 10.1. The van der Waals surface area contributed by atoms with Crippen molar-refractivity contribution >= 4 is 38.4 Å². The van der Waals surface area contributed by atoms with Crippen molar-refractivity contribution < 1.29 is 18.3 Å². The van der Waals surface area contributed by atoms with Crippen molar-refractivity contribution in [3.05, 3.63) is 29.4 Å². The second-order valence-electron chi connectivity index (χ2n) is 4.76. The van der Waals surface area contributed by atoms with Crippen LogP contribution >= 0.6 is 11.3 Å². The van der Waals surface area contributed by atoms with Gasteiger partial charge >= 0.3 is 0 Å². The molecular weight excluding hydrogens is 322 g/mol. The van der Waals surface area contributed by atoms with Crippen LogP contribution in [0.4, 0.5) is 8.78 Å². The van der Waals surface area contributed by atoms with E-state index in [0.29, 0.717) is 11.5 Å². The highest BCUT2D eigenvalue weighted by Crippen LogP contribution is 2.45. The summed E-state index contributed by atoms with van der Waals surface area (Å²) < 4.78 is 36.4. The predicted molar refractivity (Wildman–Crippen MR) is 88.7 cm³/mol. The summed E-state index contributed by atoms with van der Waals surface area (Å²) in [6.45, 7) is -0.506. The molecule has 0 amide bonds. The minimum Gasteiger partial charge on any atom is -0.495 e. The molecule has 0 saturated heterocycles. The number of rotatable bonds is 5. The van der Waals surface area contributed by atoms with Crippen molar-refractivity contribution in [2.24, 2.45) is 4.99 Å². The number of halogens is 2. The van der Waals surface area contributed by atoms with Gasteiger partial charge in [-0.1, -0.05) is 0 Å². The molecule has 0 aliphatic heterocycles. The van der Waals surface area contributed by atoms with Crippen molar-refractivity contribution in [2.45, 2.75) is 6.43 Å². The second kappa shape index (κ2) is 6.45. The maximum Gasteiger partial charge on any atom is 0.257 e. The van der Waals surface area contributed by atoms with Gasteiger partial charge in [0.25, 0.3) is 6.43 Å². The molecule has 0 aliphatic carbocycles. The number of benzene rings is 1. The molecule has 4 nitrogen and oxygen atoms in total. The summed E-state index contributed by atoms with van der Waals surface area (Å²) in [5.41, 5.74) is 0. The first-order valence-electron chi connectivity index (χ1n) is 6.85. The van der Waals surface area contributed by atoms with Crippen molar-refractivity contribution in [1.82, 2.24) is 4.98 Å². The van der Waals surface area contributed by atoms with Crippen molar-refractivity contribution in [3.63, 3.8) is 0 Å². The normalized spacial score (nSPS) is 11.9. The molecule has 0 bridgehead atoms. The van der Waals surface area contributed by atoms with E-state index >= 15 is 0 Å². The Bertz CT molecular complexity index is 817. The van der Waals surface area contributed by atoms with Gasteiger partial charge in [-0.3, -0.25) is 9.98 Å². The predicted octanol–water partition coefficient (Wildman–Crippen LogP) is 4.15. The van der Waals surface area contributed by atoms with Gasteiger partial charge in [0.1, 0.15) is 11.5 Å². The van der Waals surface area contributed by atoms with Crippen LogP contribution in [0.25, 0.3) is 20.9 Å². The molecule has 0 fully saturated rings. The fourth-order valence-corrected chi connectivity index (χ4v) is 3.58. The number of ether oxygens (including phenoxy) is 2. The number of pyridine rings is 1. The average molecular weight is 336 g/mol. The molecule has 0 N–H and O–H groups in total. The Balaban J connectivity index is 2.23. The van der Waals surface area contributed by atoms with Crippen molar-refractivity contribution in [3.8, 4) is 11.5 Å². The molecule has 0 saturated carbocycles. The van der Waals surface area contributed by atoms with E-state index in [4.69, 9.17) is 9.47 Å². The smallest absolute Gasteiger partial charge is 0.257 e. The zero-order chi connectivity index (χ0) is 16.4. The summed E-state index contributed by atoms with van der Waals surface area (Å²) >= 11 is 1.42. The van der Waals surface area contributed by atoms with Gasteiger partial charge in [-0.15, -0.1) is 11.3 Å². The summed E-state index contributed by atoms with van der Waals surface area (Å²) in [5, 5.41) is 2.60. The van der Waals surface area contributed by atoms with Crippen LogP contribution in [0.3, 0.4) is 0 Å². The van der Waals surface area contributed by atoms with Crippen LogP contribution in [0.2, 0.25) is 0 Å². The summed E-state index contributed by atoms with van der Waals surface area (Å²) in [6.07, 6.45) is 2.42. The Morgan fingerprint density at radius 2 is 2.00 bits per heavy atom. The summed E-state index contributed by atoms with van der Waals surface area (Å²) in [6, 6.07) is 3.73. The third kappa shape index (κ3) is 2.84. The Hall–Kier alpha value is -2.28. The van der Waals surface area contributed by atoms with E-state index in [1.165, 1.54) is 17.6 Å². The maximum atomic E-state index is 12.2. The fourth-order valence-electron chi connectivity index (χ4n) is 2.50. The molecule has 23 heavy (non-hydrogen) atoms. The van der Waals surface area contributed by atoms with Gasteiger partial charge in [-0.25, -0.2) is 8.78 Å². The Kier molecular flexibility index (Phi) is 4.38. The summed E-state index contributed by atoms with van der Waals surface area (Å²) in [5.74, 6) is 1.41. The largest absolute Gasteiger partial charge is 0.495 e. The van der Waals surface area contributed by atoms with Crippen molar-refractivity contribution in [2.75, 3.05) is 20.8 Å². The number of methoxy groups -OCH3 is 2. The quantitative estimate of drug-likeness (QED) is 0.658. The van der Waals surface area contributed by atoms with E-state index in [1.807, 2.05) is 12.1 Å². The van der Waals surface area contributed by atoms with Crippen LogP contribution in [0.15, 0.2) is 29.5 Å². The Morgan fingerprint density at radius 3 is 2.70 bits per heavy atom. The molecule has 0 radical (unpaired) electrons. The molecule has 0 spiro atoms. The van der Waals surface area contributed by atoms with Crippen LogP contribution < -0.4 is 9.47 Å². The van der Waals surface area contributed by atoms with E-state index in [9.17, 15) is 8.78 Å². The SMILES string of the molecule is COc1c2ccncc2c(OC)c2sc(C=NCC(F)F)cc12. The molecule has 1 aromatic carbocycles. The number of nitrogens with zero attached hydrogens (tertiary/aromatic N) is 2. The van der Waals surface area contributed by atoms with Crippen LogP contribution in [0, 0.1) is 0 Å². The Morgan fingerprint density at radius 1 is 1.22 bits per heavy atom. The first kappa shape index (κ1) is 15.6. The number of aromatic nitrogens is 1. The average Bonchev–Trinajstić information content (AvgIpc) is 2.95. The van der Waals surface area contributed by atoms with Gasteiger partial charge in [0, 0.05) is 39.6 Å². The zero-order valence-corrected chi connectivity index (χ0v) is 13.4. The molecule has 2 aromatic heterocycles. The van der Waals surface area contributed by atoms with E-state index < -0.39 is 13.0 Å². The first-order chi connectivity index (χ1) is 11.2. The number of alkyl halides is 2. The number of hydrogen-bond donors (Lipinski definition) is 0. The zero-order valence-electron chi connectivity index (χ0n) is 12.5. The highest BCUT2D eigenvalue weighted by molar-refractivity contribution is 7.21. The third-order valence-corrected chi connectivity index (χ3v) is 4.45. The lowest BCUT2D eigenvalue weighted by Gasteiger charge is -2.11. The summed E-state index contributed by atoms with van der Waals surface area (Å²) in [4.78, 5) is 8.66. The minimum absolute atomic E-state index is 0.506. The van der Waals surface area contributed by atoms with Gasteiger partial charge < -0.3 is 9.47 Å². The van der Waals surface area contributed by atoms with E-state index in [2.05, 4.69) is 9.98 Å². The molecule has 2 heterocycles. The van der Waals surface area contributed by atoms with Gasteiger partial charge in [0.15, 0.2) is 0 Å². The molecule has 0 aliphatic rings. The van der Waals surface area contributed by atoms with Crippen LogP contribution in [-0.4, -0.2) is 38.4 Å². The minimum atomic E-state index is -2.45. The number of aliphatic imine (C=N–C) groups is 1. The molecule has 3 rings (SSSR count). The van der Waals surface area contributed by atoms with Crippen LogP contribution in [0.5, 0.6) is 11.5 Å². The first-order valence-corrected chi connectivity index (χ1v) is 7.66. The van der Waals surface area contributed by atoms with Gasteiger partial charge in [0.2, 0.25) is 0 Å². The van der Waals surface area contributed by atoms with E-state index in [-0.39, 0.29) is 0 Å². The molecule has 0 atom stereocenters. The lowest BCUT2D eigenvalue weighted by molar-refractivity contribution is 0.159. The standard InChI is InChI=1S/C16H14F2N2O2S/c1-21-14-10-3-4-19-7-12(10)15(22-2)16-11(14)5-9(23-16)6-20-8-13(17)18/h3-7,13H,8H2,1-2H3. The topological polar surface area (TPSA) is 43.7 Å². The molecule has 120 valence electrons. The number of hydrogen-bond acceptors (Lipinski definition) is 5. The highest BCUT2D eigenvalue weighted by Gasteiger charge is 2.17. The summed E-state index contributed by atoms with van der Waals surface area (Å²) in [7, 11) is 3.20. The molecule has 0 unspecified atom stereocenters. The van der Waals surface area contributed by atoms with Crippen LogP contribution in [0.1, 0.15) is 4.88 Å². The van der Waals surface area contributed by atoms with Gasteiger partial charge in [0.05, 0.1) is 25.5 Å². The fraction of sp³-hybridized carbons (Fsp3) is 0.250. The van der Waals surface area contributed by atoms with E-state index in [0.717, 1.165) is 25.7 Å². The maximum absolute atomic E-state index is 12.2. The molecular formula is C16H14F2N2O2S. The monoisotopic (exact) mass is 336 g/mol.